The Morgan fingerprint density at radius 2 is 2.05 bits per heavy atom. The third-order valence-electron chi connectivity index (χ3n) is 3.10. The van der Waals surface area contributed by atoms with Crippen molar-refractivity contribution in [2.24, 2.45) is 0 Å². The molecule has 2 aromatic heterocycles. The zero-order valence-corrected chi connectivity index (χ0v) is 13.9. The normalized spacial score (nSPS) is 12.1. The minimum atomic E-state index is -0.204. The van der Waals surface area contributed by atoms with Crippen LogP contribution in [0.2, 0.25) is 0 Å². The van der Waals surface area contributed by atoms with Crippen LogP contribution in [0.3, 0.4) is 0 Å². The molecule has 0 aliphatic heterocycles. The topological polar surface area (TPSA) is 72.7 Å². The van der Waals surface area contributed by atoms with Gasteiger partial charge in [-0.25, -0.2) is 0 Å². The molecular formula is C15H21N5OS. The zero-order valence-electron chi connectivity index (χ0n) is 13.1. The monoisotopic (exact) mass is 319 g/mol. The van der Waals surface area contributed by atoms with Crippen LogP contribution in [0.5, 0.6) is 0 Å². The molecule has 0 saturated heterocycles. The minimum absolute atomic E-state index is 0.0176. The average molecular weight is 319 g/mol. The lowest BCUT2D eigenvalue weighted by Crippen LogP contribution is -2.30. The van der Waals surface area contributed by atoms with Gasteiger partial charge in [-0.05, 0) is 32.4 Å². The first-order valence-corrected chi connectivity index (χ1v) is 8.33. The lowest BCUT2D eigenvalue weighted by molar-refractivity contribution is -0.120. The highest BCUT2D eigenvalue weighted by Crippen LogP contribution is 2.26. The predicted octanol–water partition coefficient (Wildman–Crippen LogP) is 2.37. The Balaban J connectivity index is 2.25. The Morgan fingerprint density at radius 1 is 1.32 bits per heavy atom. The second-order valence-corrected chi connectivity index (χ2v) is 6.16. The SMILES string of the molecule is CCCn1c(S[C@@H](C)C(=O)NCC)nnc1-c1ccncc1. The molecule has 0 saturated carbocycles. The third-order valence-corrected chi connectivity index (χ3v) is 4.19. The van der Waals surface area contributed by atoms with Crippen LogP contribution in [0.1, 0.15) is 27.2 Å². The van der Waals surface area contributed by atoms with Gasteiger partial charge in [0.25, 0.3) is 0 Å². The molecule has 0 radical (unpaired) electrons. The van der Waals surface area contributed by atoms with Gasteiger partial charge >= 0.3 is 0 Å². The Morgan fingerprint density at radius 3 is 2.68 bits per heavy atom. The molecule has 0 aliphatic carbocycles. The first-order chi connectivity index (χ1) is 10.7. The number of carbonyl (C=O) groups is 1. The summed E-state index contributed by atoms with van der Waals surface area (Å²) in [6.07, 6.45) is 4.45. The summed E-state index contributed by atoms with van der Waals surface area (Å²) in [6, 6.07) is 3.83. The van der Waals surface area contributed by atoms with E-state index in [-0.39, 0.29) is 11.2 Å². The van der Waals surface area contributed by atoms with Crippen molar-refractivity contribution < 1.29 is 4.79 Å². The second kappa shape index (κ2) is 7.93. The fourth-order valence-corrected chi connectivity index (χ4v) is 2.94. The molecule has 0 unspecified atom stereocenters. The van der Waals surface area contributed by atoms with Crippen molar-refractivity contribution in [2.45, 2.75) is 44.1 Å². The molecule has 1 atom stereocenters. The maximum Gasteiger partial charge on any atom is 0.233 e. The van der Waals surface area contributed by atoms with E-state index in [4.69, 9.17) is 0 Å². The van der Waals surface area contributed by atoms with Crippen molar-refractivity contribution >= 4 is 17.7 Å². The molecule has 2 heterocycles. The highest BCUT2D eigenvalue weighted by Gasteiger charge is 2.20. The van der Waals surface area contributed by atoms with E-state index in [9.17, 15) is 4.79 Å². The van der Waals surface area contributed by atoms with Gasteiger partial charge in [0.05, 0.1) is 5.25 Å². The second-order valence-electron chi connectivity index (χ2n) is 4.85. The number of nitrogens with zero attached hydrogens (tertiary/aromatic N) is 4. The molecule has 118 valence electrons. The number of amides is 1. The Kier molecular flexibility index (Phi) is 5.94. The van der Waals surface area contributed by atoms with Crippen LogP contribution in [0, 0.1) is 0 Å². The summed E-state index contributed by atoms with van der Waals surface area (Å²) in [4.78, 5) is 15.9. The van der Waals surface area contributed by atoms with Crippen LogP contribution in [-0.4, -0.2) is 37.5 Å². The van der Waals surface area contributed by atoms with Gasteiger partial charge in [-0.1, -0.05) is 18.7 Å². The predicted molar refractivity (Wildman–Crippen MR) is 87.5 cm³/mol. The fourth-order valence-electron chi connectivity index (χ4n) is 2.05. The Bertz CT molecular complexity index is 614. The van der Waals surface area contributed by atoms with Gasteiger partial charge in [-0.15, -0.1) is 10.2 Å². The molecular weight excluding hydrogens is 298 g/mol. The molecule has 2 rings (SSSR count). The molecule has 2 aromatic rings. The highest BCUT2D eigenvalue weighted by molar-refractivity contribution is 8.00. The van der Waals surface area contributed by atoms with Gasteiger partial charge < -0.3 is 9.88 Å². The summed E-state index contributed by atoms with van der Waals surface area (Å²) < 4.78 is 2.07. The number of nitrogens with one attached hydrogen (secondary N) is 1. The number of aromatic nitrogens is 4. The largest absolute Gasteiger partial charge is 0.355 e. The number of hydrogen-bond donors (Lipinski definition) is 1. The maximum absolute atomic E-state index is 11.9. The van der Waals surface area contributed by atoms with Crippen LogP contribution in [0.25, 0.3) is 11.4 Å². The summed E-state index contributed by atoms with van der Waals surface area (Å²) in [5, 5.41) is 12.0. The van der Waals surface area contributed by atoms with Crippen molar-refractivity contribution in [2.75, 3.05) is 6.54 Å². The summed E-state index contributed by atoms with van der Waals surface area (Å²) in [6.45, 7) is 7.35. The number of carbonyl (C=O) groups excluding carboxylic acids is 1. The van der Waals surface area contributed by atoms with Crippen molar-refractivity contribution in [3.63, 3.8) is 0 Å². The summed E-state index contributed by atoms with van der Waals surface area (Å²) in [7, 11) is 0. The quantitative estimate of drug-likeness (QED) is 0.793. The van der Waals surface area contributed by atoms with Crippen LogP contribution in [0.4, 0.5) is 0 Å². The lowest BCUT2D eigenvalue weighted by Gasteiger charge is -2.12. The van der Waals surface area contributed by atoms with E-state index in [0.29, 0.717) is 6.54 Å². The summed E-state index contributed by atoms with van der Waals surface area (Å²) >= 11 is 1.44. The van der Waals surface area contributed by atoms with Crippen molar-refractivity contribution in [3.8, 4) is 11.4 Å². The fraction of sp³-hybridized carbons (Fsp3) is 0.467. The highest BCUT2D eigenvalue weighted by atomic mass is 32.2. The van der Waals surface area contributed by atoms with E-state index >= 15 is 0 Å². The van der Waals surface area contributed by atoms with Crippen LogP contribution in [-0.2, 0) is 11.3 Å². The number of hydrogen-bond acceptors (Lipinski definition) is 5. The van der Waals surface area contributed by atoms with Crippen molar-refractivity contribution in [1.29, 1.82) is 0 Å². The van der Waals surface area contributed by atoms with Gasteiger partial charge in [0.1, 0.15) is 0 Å². The van der Waals surface area contributed by atoms with Gasteiger partial charge in [0.2, 0.25) is 5.91 Å². The minimum Gasteiger partial charge on any atom is -0.355 e. The van der Waals surface area contributed by atoms with E-state index in [1.165, 1.54) is 11.8 Å². The van der Waals surface area contributed by atoms with E-state index in [1.807, 2.05) is 26.0 Å². The number of pyridine rings is 1. The van der Waals surface area contributed by atoms with Crippen molar-refractivity contribution in [1.82, 2.24) is 25.1 Å². The molecule has 7 heteroatoms. The van der Waals surface area contributed by atoms with Crippen LogP contribution < -0.4 is 5.32 Å². The van der Waals surface area contributed by atoms with E-state index in [0.717, 1.165) is 29.5 Å². The molecule has 0 bridgehead atoms. The van der Waals surface area contributed by atoms with Gasteiger partial charge in [-0.3, -0.25) is 9.78 Å². The first kappa shape index (κ1) is 16.5. The first-order valence-electron chi connectivity index (χ1n) is 7.45. The van der Waals surface area contributed by atoms with E-state index in [1.54, 1.807) is 12.4 Å². The lowest BCUT2D eigenvalue weighted by atomic mass is 10.2. The average Bonchev–Trinajstić information content (AvgIpc) is 2.91. The summed E-state index contributed by atoms with van der Waals surface area (Å²) in [5.41, 5.74) is 0.980. The van der Waals surface area contributed by atoms with Crippen LogP contribution in [0.15, 0.2) is 29.7 Å². The zero-order chi connectivity index (χ0) is 15.9. The molecule has 1 amide bonds. The van der Waals surface area contributed by atoms with Gasteiger partial charge in [0, 0.05) is 31.0 Å². The molecule has 0 fully saturated rings. The van der Waals surface area contributed by atoms with Crippen molar-refractivity contribution in [3.05, 3.63) is 24.5 Å². The number of thioether (sulfide) groups is 1. The standard InChI is InChI=1S/C15H21N5OS/c1-4-10-20-13(12-6-8-16-9-7-12)18-19-15(20)22-11(3)14(21)17-5-2/h6-9,11H,4-5,10H2,1-3H3,(H,17,21)/t11-/m0/s1. The molecule has 0 aliphatic rings. The van der Waals surface area contributed by atoms with Gasteiger partial charge in [-0.2, -0.15) is 0 Å². The van der Waals surface area contributed by atoms with Gasteiger partial charge in [0.15, 0.2) is 11.0 Å². The third kappa shape index (κ3) is 3.85. The molecule has 0 spiro atoms. The Hall–Kier alpha value is -1.89. The molecule has 22 heavy (non-hydrogen) atoms. The van der Waals surface area contributed by atoms with E-state index < -0.39 is 0 Å². The molecule has 0 aromatic carbocycles. The summed E-state index contributed by atoms with van der Waals surface area (Å²) in [5.74, 6) is 0.832. The van der Waals surface area contributed by atoms with E-state index in [2.05, 4.69) is 32.0 Å². The number of rotatable bonds is 7. The van der Waals surface area contributed by atoms with Crippen LogP contribution >= 0.6 is 11.8 Å². The molecule has 1 N–H and O–H groups in total. The maximum atomic E-state index is 11.9. The molecule has 6 nitrogen and oxygen atoms in total. The Labute approximate surface area is 134 Å². The smallest absolute Gasteiger partial charge is 0.233 e.